The van der Waals surface area contributed by atoms with Crippen LogP contribution in [0.1, 0.15) is 41.7 Å². The zero-order valence-corrected chi connectivity index (χ0v) is 30.6. The number of alkyl halides is 3. The molecular formula is C37H40ClF4N7O2S. The van der Waals surface area contributed by atoms with Crippen molar-refractivity contribution in [3.05, 3.63) is 129 Å². The Hall–Kier alpha value is -4.53. The molecule has 0 atom stereocenters. The highest BCUT2D eigenvalue weighted by Gasteiger charge is 2.30. The lowest BCUT2D eigenvalue weighted by molar-refractivity contribution is -0.137. The largest absolute Gasteiger partial charge is 0.416 e. The van der Waals surface area contributed by atoms with E-state index < -0.39 is 17.3 Å². The topological polar surface area (TPSA) is 89.1 Å². The fraction of sp³-hybridized carbons (Fsp3) is 0.324. The number of carbonyl (C=O) groups excluding carboxylic acids is 1. The second kappa shape index (κ2) is 18.3. The second-order valence-corrected chi connectivity index (χ2v) is 13.0. The monoisotopic (exact) mass is 757 g/mol. The predicted molar refractivity (Wildman–Crippen MR) is 196 cm³/mol. The van der Waals surface area contributed by atoms with Gasteiger partial charge in [-0.05, 0) is 60.1 Å². The number of carbonyl (C=O) groups is 1. The Bertz CT molecular complexity index is 1960. The molecule has 0 bridgehead atoms. The van der Waals surface area contributed by atoms with Crippen LogP contribution in [0, 0.1) is 5.82 Å². The quantitative estimate of drug-likeness (QED) is 0.0655. The Morgan fingerprint density at radius 3 is 2.17 bits per heavy atom. The van der Waals surface area contributed by atoms with Gasteiger partial charge in [0.2, 0.25) is 5.91 Å². The number of halogens is 5. The molecule has 0 fully saturated rings. The first-order valence-electron chi connectivity index (χ1n) is 16.5. The van der Waals surface area contributed by atoms with Crippen molar-refractivity contribution in [2.24, 2.45) is 7.05 Å². The van der Waals surface area contributed by atoms with Gasteiger partial charge < -0.3 is 14.4 Å². The molecule has 5 aromatic rings. The molecule has 3 aromatic heterocycles. The van der Waals surface area contributed by atoms with Crippen LogP contribution in [0.25, 0.3) is 11.3 Å². The minimum Gasteiger partial charge on any atom is -0.335 e. The molecule has 0 saturated carbocycles. The van der Waals surface area contributed by atoms with E-state index in [1.54, 1.807) is 58.0 Å². The summed E-state index contributed by atoms with van der Waals surface area (Å²) in [4.78, 5) is 40.1. The number of nitrogens with zero attached hydrogens (tertiary/aromatic N) is 7. The first kappa shape index (κ1) is 40.2. The predicted octanol–water partition coefficient (Wildman–Crippen LogP) is 6.87. The summed E-state index contributed by atoms with van der Waals surface area (Å²) in [5, 5.41) is 4.55. The van der Waals surface area contributed by atoms with E-state index in [9.17, 15) is 27.2 Å². The van der Waals surface area contributed by atoms with Crippen molar-refractivity contribution >= 4 is 30.1 Å². The molecule has 1 amide bonds. The van der Waals surface area contributed by atoms with E-state index in [0.29, 0.717) is 47.2 Å². The Balaban J connectivity index is 0.00000605. The highest BCUT2D eigenvalue weighted by Crippen LogP contribution is 2.30. The number of rotatable bonds is 15. The molecule has 0 aliphatic carbocycles. The van der Waals surface area contributed by atoms with Crippen LogP contribution in [0.3, 0.4) is 0 Å². The minimum absolute atomic E-state index is 0. The Kier molecular flexibility index (Phi) is 14.2. The number of hydrogen-bond acceptors (Lipinski definition) is 7. The summed E-state index contributed by atoms with van der Waals surface area (Å²) in [6.07, 6.45) is 2.67. The van der Waals surface area contributed by atoms with Gasteiger partial charge in [0.1, 0.15) is 12.4 Å². The van der Waals surface area contributed by atoms with E-state index in [-0.39, 0.29) is 37.2 Å². The summed E-state index contributed by atoms with van der Waals surface area (Å²) in [5.41, 5.74) is 2.75. The number of pyridine rings is 1. The SMILES string of the molecule is CCN(CC)CCN(Cc1ccc(-c2ccc(C(F)(F)F)cc2)nc1)C(=O)Cn1cc(Cc2cnn(C)c2)c(=O)nc1SCc1ccc(F)cc1.Cl. The Morgan fingerprint density at radius 2 is 1.58 bits per heavy atom. The molecule has 0 saturated heterocycles. The van der Waals surface area contributed by atoms with E-state index in [0.717, 1.165) is 41.9 Å². The van der Waals surface area contributed by atoms with Gasteiger partial charge in [0.15, 0.2) is 5.16 Å². The van der Waals surface area contributed by atoms with Gasteiger partial charge in [0, 0.05) is 68.6 Å². The summed E-state index contributed by atoms with van der Waals surface area (Å²) in [5.74, 6) is -0.139. The smallest absolute Gasteiger partial charge is 0.335 e. The van der Waals surface area contributed by atoms with Crippen molar-refractivity contribution in [2.75, 3.05) is 26.2 Å². The van der Waals surface area contributed by atoms with Crippen molar-refractivity contribution < 1.29 is 22.4 Å². The lowest BCUT2D eigenvalue weighted by Gasteiger charge is -2.27. The molecule has 276 valence electrons. The van der Waals surface area contributed by atoms with Crippen LogP contribution in [0.15, 0.2) is 95.4 Å². The van der Waals surface area contributed by atoms with Gasteiger partial charge in [0.25, 0.3) is 5.56 Å². The molecule has 52 heavy (non-hydrogen) atoms. The standard InChI is InChI=1S/C37H39F4N7O2S.ClH/c1-4-46(5-2)16-17-47(22-27-8-15-33(42-19-27)29-9-11-31(12-10-29)37(39,40)41)34(49)24-48-23-30(18-28-20-43-45(3)21-28)35(50)44-36(48)51-25-26-6-13-32(38)14-7-26;/h6-15,19-21,23H,4-5,16-18,22,24-25H2,1-3H3;1H. The average Bonchev–Trinajstić information content (AvgIpc) is 3.53. The maximum absolute atomic E-state index is 14.1. The summed E-state index contributed by atoms with van der Waals surface area (Å²) in [7, 11) is 1.79. The van der Waals surface area contributed by atoms with E-state index >= 15 is 0 Å². The van der Waals surface area contributed by atoms with Gasteiger partial charge in [-0.25, -0.2) is 4.39 Å². The normalized spacial score (nSPS) is 11.5. The van der Waals surface area contributed by atoms with Crippen LogP contribution in [-0.4, -0.2) is 66.2 Å². The van der Waals surface area contributed by atoms with Gasteiger partial charge in [-0.3, -0.25) is 19.3 Å². The molecule has 0 radical (unpaired) electrons. The number of benzene rings is 2. The van der Waals surface area contributed by atoms with Crippen LogP contribution in [-0.2, 0) is 43.3 Å². The third-order valence-corrected chi connectivity index (χ3v) is 9.47. The third kappa shape index (κ3) is 11.0. The number of aryl methyl sites for hydroxylation is 1. The summed E-state index contributed by atoms with van der Waals surface area (Å²) in [6.45, 7) is 6.95. The van der Waals surface area contributed by atoms with Gasteiger partial charge in [-0.15, -0.1) is 12.4 Å². The molecular weight excluding hydrogens is 718 g/mol. The van der Waals surface area contributed by atoms with Crippen LogP contribution >= 0.6 is 24.2 Å². The van der Waals surface area contributed by atoms with E-state index in [1.807, 2.05) is 12.3 Å². The number of aromatic nitrogens is 5. The van der Waals surface area contributed by atoms with Crippen LogP contribution in [0.5, 0.6) is 0 Å². The first-order valence-corrected chi connectivity index (χ1v) is 17.5. The number of hydrogen-bond donors (Lipinski definition) is 0. The van der Waals surface area contributed by atoms with Crippen molar-refractivity contribution in [1.29, 1.82) is 0 Å². The molecule has 2 aromatic carbocycles. The Labute approximate surface area is 310 Å². The third-order valence-electron chi connectivity index (χ3n) is 8.41. The van der Waals surface area contributed by atoms with Gasteiger partial charge in [-0.1, -0.05) is 55.9 Å². The number of amides is 1. The molecule has 5 rings (SSSR count). The fourth-order valence-electron chi connectivity index (χ4n) is 5.46. The van der Waals surface area contributed by atoms with Crippen molar-refractivity contribution in [3.8, 4) is 11.3 Å². The van der Waals surface area contributed by atoms with Crippen molar-refractivity contribution in [3.63, 3.8) is 0 Å². The number of likely N-dealkylation sites (N-methyl/N-ethyl adjacent to an activating group) is 1. The highest BCUT2D eigenvalue weighted by atomic mass is 35.5. The molecule has 0 aliphatic rings. The molecule has 0 spiro atoms. The van der Waals surface area contributed by atoms with E-state index in [1.165, 1.54) is 36.0 Å². The lowest BCUT2D eigenvalue weighted by Crippen LogP contribution is -2.40. The van der Waals surface area contributed by atoms with Crippen LogP contribution in [0.4, 0.5) is 17.6 Å². The zero-order valence-electron chi connectivity index (χ0n) is 29.0. The summed E-state index contributed by atoms with van der Waals surface area (Å²) >= 11 is 1.29. The molecule has 0 unspecified atom stereocenters. The van der Waals surface area contributed by atoms with Crippen molar-refractivity contribution in [2.45, 2.75) is 50.4 Å². The minimum atomic E-state index is -4.43. The second-order valence-electron chi connectivity index (χ2n) is 12.1. The fourth-order valence-corrected chi connectivity index (χ4v) is 6.38. The average molecular weight is 758 g/mol. The van der Waals surface area contributed by atoms with Gasteiger partial charge in [-0.2, -0.15) is 23.3 Å². The highest BCUT2D eigenvalue weighted by molar-refractivity contribution is 7.98. The Morgan fingerprint density at radius 1 is 0.885 bits per heavy atom. The molecule has 0 aliphatic heterocycles. The van der Waals surface area contributed by atoms with Crippen LogP contribution < -0.4 is 5.56 Å². The zero-order chi connectivity index (χ0) is 36.5. The van der Waals surface area contributed by atoms with Crippen LogP contribution in [0.2, 0.25) is 0 Å². The summed E-state index contributed by atoms with van der Waals surface area (Å²) < 4.78 is 56.0. The maximum Gasteiger partial charge on any atom is 0.416 e. The maximum atomic E-state index is 14.1. The first-order chi connectivity index (χ1) is 24.4. The van der Waals surface area contributed by atoms with E-state index in [4.69, 9.17) is 0 Å². The van der Waals surface area contributed by atoms with Gasteiger partial charge >= 0.3 is 6.18 Å². The molecule has 9 nitrogen and oxygen atoms in total. The summed E-state index contributed by atoms with van der Waals surface area (Å²) in [6, 6.07) is 14.4. The lowest BCUT2D eigenvalue weighted by atomic mass is 10.1. The van der Waals surface area contributed by atoms with Gasteiger partial charge in [0.05, 0.1) is 17.5 Å². The molecule has 0 N–H and O–H groups in total. The number of thioether (sulfide) groups is 1. The van der Waals surface area contributed by atoms with E-state index in [2.05, 4.69) is 33.8 Å². The molecule has 3 heterocycles. The molecule has 15 heteroatoms. The van der Waals surface area contributed by atoms with Crippen molar-refractivity contribution in [1.82, 2.24) is 34.1 Å².